The summed E-state index contributed by atoms with van der Waals surface area (Å²) < 4.78 is 20.4. The van der Waals surface area contributed by atoms with Crippen LogP contribution in [0.5, 0.6) is 0 Å². The number of anilines is 1. The highest BCUT2D eigenvalue weighted by Crippen LogP contribution is 2.26. The van der Waals surface area contributed by atoms with Gasteiger partial charge in [-0.15, -0.1) is 0 Å². The van der Waals surface area contributed by atoms with E-state index in [1.165, 1.54) is 12.4 Å². The fourth-order valence-electron chi connectivity index (χ4n) is 3.67. The van der Waals surface area contributed by atoms with E-state index in [0.717, 1.165) is 5.52 Å². The van der Waals surface area contributed by atoms with Crippen molar-refractivity contribution in [3.63, 3.8) is 0 Å². The maximum atomic E-state index is 14.4. The average Bonchev–Trinajstić information content (AvgIpc) is 3.27. The number of hydrogen-bond acceptors (Lipinski definition) is 6. The molecule has 0 aliphatic rings. The van der Waals surface area contributed by atoms with E-state index >= 15 is 0 Å². The minimum Gasteiger partial charge on any atom is -0.460 e. The number of benzene rings is 2. The maximum Gasteiger partial charge on any atom is 0.203 e. The number of hydrogen-bond donors (Lipinski definition) is 2. The second kappa shape index (κ2) is 7.98. The highest BCUT2D eigenvalue weighted by Gasteiger charge is 2.18. The molecule has 0 fully saturated rings. The van der Waals surface area contributed by atoms with Crippen LogP contribution in [0.1, 0.15) is 12.2 Å². The Morgan fingerprint density at radius 2 is 1.90 bits per heavy atom. The van der Waals surface area contributed by atoms with Gasteiger partial charge in [-0.25, -0.2) is 19.3 Å². The monoisotopic (exact) mass is 415 g/mol. The Balaban J connectivity index is 1.45. The van der Waals surface area contributed by atoms with Crippen LogP contribution in [-0.4, -0.2) is 26.5 Å². The maximum absolute atomic E-state index is 14.4. The summed E-state index contributed by atoms with van der Waals surface area (Å²) in [6.45, 7) is 0.588. The Morgan fingerprint density at radius 1 is 1.03 bits per heavy atom. The Kier molecular flexibility index (Phi) is 4.87. The van der Waals surface area contributed by atoms with E-state index in [1.54, 1.807) is 18.5 Å². The molecule has 0 amide bonds. The average molecular weight is 415 g/mol. The van der Waals surface area contributed by atoms with Gasteiger partial charge in [0.1, 0.15) is 34.4 Å². The third kappa shape index (κ3) is 3.52. The first-order valence-corrected chi connectivity index (χ1v) is 9.90. The topological polar surface area (TPSA) is 96.7 Å². The first-order valence-electron chi connectivity index (χ1n) is 9.90. The highest BCUT2D eigenvalue weighted by atomic mass is 19.1. The first-order chi connectivity index (χ1) is 15.2. The molecular weight excluding hydrogens is 397 g/mol. The van der Waals surface area contributed by atoms with Crippen molar-refractivity contribution in [1.29, 1.82) is 0 Å². The molecule has 2 aromatic carbocycles. The van der Waals surface area contributed by atoms with Gasteiger partial charge in [-0.1, -0.05) is 36.4 Å². The molecule has 0 radical (unpaired) electrons. The number of aromatic amines is 1. The fraction of sp³-hybridized carbons (Fsp3) is 0.130. The number of aromatic nitrogens is 4. The number of imidazole rings is 1. The van der Waals surface area contributed by atoms with Gasteiger partial charge in [0.25, 0.3) is 0 Å². The van der Waals surface area contributed by atoms with Gasteiger partial charge in [0.05, 0.1) is 11.9 Å². The second-order valence-electron chi connectivity index (χ2n) is 7.06. The van der Waals surface area contributed by atoms with Crippen LogP contribution in [0.15, 0.2) is 70.4 Å². The largest absolute Gasteiger partial charge is 0.460 e. The lowest BCUT2D eigenvalue weighted by Gasteiger charge is -2.11. The zero-order chi connectivity index (χ0) is 21.2. The third-order valence-electron chi connectivity index (χ3n) is 5.10. The summed E-state index contributed by atoms with van der Waals surface area (Å²) in [6, 6.07) is 13.6. The van der Waals surface area contributed by atoms with Gasteiger partial charge in [-0.05, 0) is 24.1 Å². The summed E-state index contributed by atoms with van der Waals surface area (Å²) in [6.07, 6.45) is 4.19. The lowest BCUT2D eigenvalue weighted by Crippen LogP contribution is -2.12. The summed E-state index contributed by atoms with van der Waals surface area (Å²) in [7, 11) is 0. The molecule has 2 N–H and O–H groups in total. The normalized spacial score (nSPS) is 11.3. The lowest BCUT2D eigenvalue weighted by molar-refractivity contribution is 0.528. The van der Waals surface area contributed by atoms with E-state index in [0.29, 0.717) is 47.7 Å². The second-order valence-corrected chi connectivity index (χ2v) is 7.06. The Hall–Kier alpha value is -4.07. The Morgan fingerprint density at radius 3 is 2.77 bits per heavy atom. The molecular formula is C23H18FN5O2. The van der Waals surface area contributed by atoms with Crippen molar-refractivity contribution in [3.05, 3.63) is 83.0 Å². The van der Waals surface area contributed by atoms with Gasteiger partial charge >= 0.3 is 0 Å². The molecule has 0 atom stereocenters. The van der Waals surface area contributed by atoms with E-state index in [-0.39, 0.29) is 16.4 Å². The van der Waals surface area contributed by atoms with Gasteiger partial charge in [-0.3, -0.25) is 4.79 Å². The van der Waals surface area contributed by atoms with Crippen molar-refractivity contribution in [3.8, 4) is 11.1 Å². The standard InChI is InChI=1S/C23H18FN5O2/c24-15-8-4-9-17-19(15)21(30)18(14-6-2-1-3-7-14)16(31-17)10-5-11-25-22-20-23(27-12-26-20)29-13-28-22/h1-4,6-9,12-13H,5,10-11H2,(H2,25,26,27,28,29). The molecule has 0 unspecified atom stereocenters. The van der Waals surface area contributed by atoms with Crippen molar-refractivity contribution in [2.24, 2.45) is 0 Å². The minimum absolute atomic E-state index is 0.0224. The number of H-pyrrole nitrogens is 1. The van der Waals surface area contributed by atoms with Crippen LogP contribution < -0.4 is 10.7 Å². The summed E-state index contributed by atoms with van der Waals surface area (Å²) in [5, 5.41) is 3.24. The molecule has 7 nitrogen and oxygen atoms in total. The molecule has 0 aliphatic heterocycles. The van der Waals surface area contributed by atoms with Crippen LogP contribution in [0.3, 0.4) is 0 Å². The van der Waals surface area contributed by atoms with Gasteiger partial charge in [-0.2, -0.15) is 0 Å². The minimum atomic E-state index is -0.580. The summed E-state index contributed by atoms with van der Waals surface area (Å²) in [5.41, 5.74) is 2.33. The Bertz CT molecular complexity index is 1430. The van der Waals surface area contributed by atoms with E-state index < -0.39 is 5.82 Å². The fourth-order valence-corrected chi connectivity index (χ4v) is 3.67. The number of nitrogens with zero attached hydrogens (tertiary/aromatic N) is 3. The number of aryl methyl sites for hydroxylation is 1. The summed E-state index contributed by atoms with van der Waals surface area (Å²) in [5.74, 6) is 0.613. The SMILES string of the molecule is O=c1c(-c2ccccc2)c(CCCNc2ncnc3nc[nH]c23)oc2cccc(F)c12. The van der Waals surface area contributed by atoms with Crippen LogP contribution in [0.25, 0.3) is 33.3 Å². The molecule has 0 saturated heterocycles. The van der Waals surface area contributed by atoms with Crippen LogP contribution in [0.2, 0.25) is 0 Å². The third-order valence-corrected chi connectivity index (χ3v) is 5.10. The van der Waals surface area contributed by atoms with Crippen molar-refractivity contribution in [1.82, 2.24) is 19.9 Å². The molecule has 5 aromatic rings. The molecule has 0 bridgehead atoms. The number of halogens is 1. The van der Waals surface area contributed by atoms with Crippen molar-refractivity contribution in [2.75, 3.05) is 11.9 Å². The quantitative estimate of drug-likeness (QED) is 0.401. The molecule has 3 aromatic heterocycles. The molecule has 8 heteroatoms. The van der Waals surface area contributed by atoms with Crippen LogP contribution in [0, 0.1) is 5.82 Å². The lowest BCUT2D eigenvalue weighted by atomic mass is 10.00. The van der Waals surface area contributed by atoms with Crippen molar-refractivity contribution >= 4 is 28.0 Å². The first kappa shape index (κ1) is 18.9. The summed E-state index contributed by atoms with van der Waals surface area (Å²) in [4.78, 5) is 28.7. The number of nitrogens with one attached hydrogen (secondary N) is 2. The van der Waals surface area contributed by atoms with Crippen LogP contribution in [-0.2, 0) is 6.42 Å². The van der Waals surface area contributed by atoms with Gasteiger partial charge < -0.3 is 14.7 Å². The molecule has 0 spiro atoms. The molecule has 5 rings (SSSR count). The van der Waals surface area contributed by atoms with Crippen molar-refractivity contribution in [2.45, 2.75) is 12.8 Å². The molecule has 31 heavy (non-hydrogen) atoms. The number of rotatable bonds is 6. The Labute approximate surface area is 176 Å². The zero-order valence-electron chi connectivity index (χ0n) is 16.4. The van der Waals surface area contributed by atoms with E-state index in [1.807, 2.05) is 30.3 Å². The van der Waals surface area contributed by atoms with E-state index in [4.69, 9.17) is 4.42 Å². The highest BCUT2D eigenvalue weighted by molar-refractivity contribution is 5.83. The molecule has 3 heterocycles. The van der Waals surface area contributed by atoms with E-state index in [9.17, 15) is 9.18 Å². The van der Waals surface area contributed by atoms with Crippen LogP contribution in [0.4, 0.5) is 10.2 Å². The number of fused-ring (bicyclic) bond motifs is 2. The van der Waals surface area contributed by atoms with Crippen LogP contribution >= 0.6 is 0 Å². The van der Waals surface area contributed by atoms with Gasteiger partial charge in [0, 0.05) is 13.0 Å². The molecule has 154 valence electrons. The van der Waals surface area contributed by atoms with E-state index in [2.05, 4.69) is 25.3 Å². The molecule has 0 aliphatic carbocycles. The zero-order valence-corrected chi connectivity index (χ0v) is 16.4. The predicted molar refractivity (Wildman–Crippen MR) is 116 cm³/mol. The van der Waals surface area contributed by atoms with Crippen molar-refractivity contribution < 1.29 is 8.81 Å². The summed E-state index contributed by atoms with van der Waals surface area (Å²) >= 11 is 0. The van der Waals surface area contributed by atoms with Gasteiger partial charge in [0.2, 0.25) is 5.43 Å². The molecule has 0 saturated carbocycles. The van der Waals surface area contributed by atoms with Gasteiger partial charge in [0.15, 0.2) is 11.5 Å². The smallest absolute Gasteiger partial charge is 0.203 e. The predicted octanol–water partition coefficient (Wildman–Crippen LogP) is 4.31.